The van der Waals surface area contributed by atoms with Gasteiger partial charge >= 0.3 is 5.97 Å². The van der Waals surface area contributed by atoms with Crippen LogP contribution in [0, 0.1) is 17.8 Å². The molecular formula is C15H28N2O2. The molecule has 2 rings (SSSR count). The highest BCUT2D eigenvalue weighted by atomic mass is 16.4. The van der Waals surface area contributed by atoms with E-state index in [1.54, 1.807) is 0 Å². The van der Waals surface area contributed by atoms with Crippen molar-refractivity contribution in [1.29, 1.82) is 0 Å². The molecule has 1 atom stereocenters. The number of carbonyl (C=O) groups is 1. The van der Waals surface area contributed by atoms with E-state index < -0.39 is 5.97 Å². The second-order valence-electron chi connectivity index (χ2n) is 6.48. The second kappa shape index (κ2) is 7.25. The first-order valence-electron chi connectivity index (χ1n) is 7.77. The molecule has 0 spiro atoms. The van der Waals surface area contributed by atoms with Gasteiger partial charge in [0.25, 0.3) is 0 Å². The molecule has 0 amide bonds. The summed E-state index contributed by atoms with van der Waals surface area (Å²) in [5, 5.41) is 12.6. The number of likely N-dealkylation sites (tertiary alicyclic amines) is 1. The molecule has 0 aromatic carbocycles. The highest BCUT2D eigenvalue weighted by molar-refractivity contribution is 5.69. The molecule has 1 unspecified atom stereocenters. The molecule has 0 aromatic heterocycles. The van der Waals surface area contributed by atoms with E-state index in [0.717, 1.165) is 44.7 Å². The van der Waals surface area contributed by atoms with E-state index in [4.69, 9.17) is 5.11 Å². The number of carboxylic acids is 1. The summed E-state index contributed by atoms with van der Waals surface area (Å²) in [5.41, 5.74) is 0. The van der Waals surface area contributed by atoms with Crippen molar-refractivity contribution < 1.29 is 9.90 Å². The lowest BCUT2D eigenvalue weighted by Gasteiger charge is -2.31. The average molecular weight is 268 g/mol. The summed E-state index contributed by atoms with van der Waals surface area (Å²) in [4.78, 5) is 13.3. The van der Waals surface area contributed by atoms with Crippen molar-refractivity contribution in [2.75, 3.05) is 33.2 Å². The molecule has 4 heteroatoms. The van der Waals surface area contributed by atoms with Crippen LogP contribution in [0.2, 0.25) is 0 Å². The van der Waals surface area contributed by atoms with Gasteiger partial charge < -0.3 is 15.3 Å². The van der Waals surface area contributed by atoms with Crippen LogP contribution in [0.15, 0.2) is 0 Å². The van der Waals surface area contributed by atoms with E-state index in [2.05, 4.69) is 17.3 Å². The number of aliphatic carboxylic acids is 1. The minimum atomic E-state index is -0.600. The van der Waals surface area contributed by atoms with Gasteiger partial charge in [-0.25, -0.2) is 0 Å². The molecule has 19 heavy (non-hydrogen) atoms. The molecule has 1 saturated carbocycles. The third-order valence-corrected chi connectivity index (χ3v) is 4.78. The van der Waals surface area contributed by atoms with Crippen molar-refractivity contribution >= 4 is 5.97 Å². The van der Waals surface area contributed by atoms with Crippen molar-refractivity contribution in [2.45, 2.75) is 38.5 Å². The standard InChI is InChI=1S/C15H28N2O2/c1-17-8-2-3-13(11-17)10-16-9-12-4-6-14(7-5-12)15(18)19/h12-14,16H,2-11H2,1H3,(H,18,19). The maximum Gasteiger partial charge on any atom is 0.306 e. The number of hydrogen-bond donors (Lipinski definition) is 2. The highest BCUT2D eigenvalue weighted by Crippen LogP contribution is 2.28. The van der Waals surface area contributed by atoms with Gasteiger partial charge in [0.1, 0.15) is 0 Å². The van der Waals surface area contributed by atoms with E-state index >= 15 is 0 Å². The lowest BCUT2D eigenvalue weighted by Crippen LogP contribution is -2.39. The number of hydrogen-bond acceptors (Lipinski definition) is 3. The number of carboxylic acid groups (broad SMARTS) is 1. The minimum Gasteiger partial charge on any atom is -0.481 e. The number of nitrogens with zero attached hydrogens (tertiary/aromatic N) is 1. The average Bonchev–Trinajstić information content (AvgIpc) is 2.39. The van der Waals surface area contributed by atoms with Crippen molar-refractivity contribution in [3.63, 3.8) is 0 Å². The van der Waals surface area contributed by atoms with Crippen LogP contribution in [0.1, 0.15) is 38.5 Å². The normalized spacial score (nSPS) is 33.2. The van der Waals surface area contributed by atoms with Crippen LogP contribution in [-0.4, -0.2) is 49.2 Å². The quantitative estimate of drug-likeness (QED) is 0.798. The van der Waals surface area contributed by atoms with Crippen LogP contribution in [0.5, 0.6) is 0 Å². The monoisotopic (exact) mass is 268 g/mol. The van der Waals surface area contributed by atoms with E-state index in [-0.39, 0.29) is 5.92 Å². The van der Waals surface area contributed by atoms with Gasteiger partial charge in [0.05, 0.1) is 5.92 Å². The first-order chi connectivity index (χ1) is 9.15. The molecule has 1 aliphatic carbocycles. The van der Waals surface area contributed by atoms with Gasteiger partial charge in [-0.15, -0.1) is 0 Å². The zero-order chi connectivity index (χ0) is 13.7. The van der Waals surface area contributed by atoms with Crippen LogP contribution in [0.25, 0.3) is 0 Å². The van der Waals surface area contributed by atoms with Crippen LogP contribution in [0.4, 0.5) is 0 Å². The van der Waals surface area contributed by atoms with Gasteiger partial charge in [-0.2, -0.15) is 0 Å². The lowest BCUT2D eigenvalue weighted by atomic mass is 9.82. The van der Waals surface area contributed by atoms with Crippen LogP contribution < -0.4 is 5.32 Å². The zero-order valence-corrected chi connectivity index (χ0v) is 12.1. The Kier molecular flexibility index (Phi) is 5.64. The molecule has 110 valence electrons. The third-order valence-electron chi connectivity index (χ3n) is 4.78. The van der Waals surface area contributed by atoms with Gasteiger partial charge in [0.2, 0.25) is 0 Å². The summed E-state index contributed by atoms with van der Waals surface area (Å²) in [6, 6.07) is 0. The molecule has 4 nitrogen and oxygen atoms in total. The highest BCUT2D eigenvalue weighted by Gasteiger charge is 2.25. The van der Waals surface area contributed by atoms with Gasteiger partial charge in [-0.05, 0) is 77.0 Å². The van der Waals surface area contributed by atoms with Gasteiger partial charge in [0.15, 0.2) is 0 Å². The first kappa shape index (κ1) is 14.8. The zero-order valence-electron chi connectivity index (χ0n) is 12.1. The minimum absolute atomic E-state index is 0.0803. The Morgan fingerprint density at radius 2 is 1.84 bits per heavy atom. The summed E-state index contributed by atoms with van der Waals surface area (Å²) in [6.45, 7) is 4.67. The summed E-state index contributed by atoms with van der Waals surface area (Å²) in [7, 11) is 2.21. The van der Waals surface area contributed by atoms with E-state index in [1.807, 2.05) is 0 Å². The van der Waals surface area contributed by atoms with Gasteiger partial charge in [-0.1, -0.05) is 0 Å². The SMILES string of the molecule is CN1CCCC(CNCC2CCC(C(=O)O)CC2)C1. The Hall–Kier alpha value is -0.610. The van der Waals surface area contributed by atoms with Crippen LogP contribution >= 0.6 is 0 Å². The van der Waals surface area contributed by atoms with Gasteiger partial charge in [-0.3, -0.25) is 4.79 Å². The van der Waals surface area contributed by atoms with Crippen molar-refractivity contribution in [2.24, 2.45) is 17.8 Å². The molecule has 1 aliphatic heterocycles. The number of rotatable bonds is 5. The van der Waals surface area contributed by atoms with Crippen molar-refractivity contribution in [3.8, 4) is 0 Å². The fraction of sp³-hybridized carbons (Fsp3) is 0.933. The fourth-order valence-electron chi connectivity index (χ4n) is 3.54. The lowest BCUT2D eigenvalue weighted by molar-refractivity contribution is -0.143. The fourth-order valence-corrected chi connectivity index (χ4v) is 3.54. The van der Waals surface area contributed by atoms with Crippen LogP contribution in [0.3, 0.4) is 0 Å². The maximum atomic E-state index is 10.9. The predicted octanol–water partition coefficient (Wildman–Crippen LogP) is 1.81. The maximum absolute atomic E-state index is 10.9. The molecule has 0 bridgehead atoms. The molecule has 2 N–H and O–H groups in total. The Labute approximate surface area is 116 Å². The summed E-state index contributed by atoms with van der Waals surface area (Å²) >= 11 is 0. The largest absolute Gasteiger partial charge is 0.481 e. The Morgan fingerprint density at radius 3 is 2.47 bits per heavy atom. The molecule has 2 fully saturated rings. The van der Waals surface area contributed by atoms with Crippen LogP contribution in [-0.2, 0) is 4.79 Å². The first-order valence-corrected chi connectivity index (χ1v) is 7.77. The van der Waals surface area contributed by atoms with E-state index in [9.17, 15) is 4.79 Å². The third kappa shape index (κ3) is 4.77. The molecular weight excluding hydrogens is 240 g/mol. The Morgan fingerprint density at radius 1 is 1.16 bits per heavy atom. The van der Waals surface area contributed by atoms with E-state index in [0.29, 0.717) is 5.92 Å². The molecule has 1 heterocycles. The molecule has 2 aliphatic rings. The summed E-state index contributed by atoms with van der Waals surface area (Å²) in [5.74, 6) is 0.811. The summed E-state index contributed by atoms with van der Waals surface area (Å²) in [6.07, 6.45) is 6.57. The van der Waals surface area contributed by atoms with Crippen molar-refractivity contribution in [1.82, 2.24) is 10.2 Å². The molecule has 0 radical (unpaired) electrons. The predicted molar refractivity (Wildman–Crippen MR) is 76.2 cm³/mol. The smallest absolute Gasteiger partial charge is 0.306 e. The molecule has 1 saturated heterocycles. The van der Waals surface area contributed by atoms with Gasteiger partial charge in [0, 0.05) is 6.54 Å². The molecule has 0 aromatic rings. The summed E-state index contributed by atoms with van der Waals surface area (Å²) < 4.78 is 0. The number of piperidine rings is 1. The number of nitrogens with one attached hydrogen (secondary N) is 1. The second-order valence-corrected chi connectivity index (χ2v) is 6.48. The topological polar surface area (TPSA) is 52.6 Å². The van der Waals surface area contributed by atoms with E-state index in [1.165, 1.54) is 25.9 Å². The van der Waals surface area contributed by atoms with Crippen molar-refractivity contribution in [3.05, 3.63) is 0 Å². The Balaban J connectivity index is 1.58. The Bertz CT molecular complexity index is 288.